The van der Waals surface area contributed by atoms with E-state index in [4.69, 9.17) is 4.74 Å². The summed E-state index contributed by atoms with van der Waals surface area (Å²) in [5.74, 6) is -2.43. The SMILES string of the molecule is O=C(O)C1(C(=O)OC23CCCCC2=NNC3=O)CCC1. The van der Waals surface area contributed by atoms with Crippen LogP contribution >= 0.6 is 0 Å². The van der Waals surface area contributed by atoms with Crippen LogP contribution in [0.2, 0.25) is 0 Å². The third-order valence-electron chi connectivity index (χ3n) is 4.59. The van der Waals surface area contributed by atoms with Crippen molar-refractivity contribution in [1.82, 2.24) is 5.43 Å². The van der Waals surface area contributed by atoms with E-state index in [0.29, 0.717) is 25.0 Å². The molecule has 0 aromatic heterocycles. The van der Waals surface area contributed by atoms with Crippen molar-refractivity contribution in [3.8, 4) is 0 Å². The lowest BCUT2D eigenvalue weighted by molar-refractivity contribution is -0.185. The molecular formula is C13H16N2O5. The number of carbonyl (C=O) groups excluding carboxylic acids is 2. The van der Waals surface area contributed by atoms with Gasteiger partial charge in [0.25, 0.3) is 5.91 Å². The fourth-order valence-corrected chi connectivity index (χ4v) is 3.06. The molecule has 0 aromatic rings. The van der Waals surface area contributed by atoms with E-state index in [0.717, 1.165) is 12.8 Å². The van der Waals surface area contributed by atoms with E-state index in [1.807, 2.05) is 0 Å². The number of aliphatic carboxylic acids is 1. The molecule has 20 heavy (non-hydrogen) atoms. The van der Waals surface area contributed by atoms with Gasteiger partial charge in [-0.15, -0.1) is 0 Å². The van der Waals surface area contributed by atoms with Crippen LogP contribution in [0.1, 0.15) is 44.9 Å². The van der Waals surface area contributed by atoms with Gasteiger partial charge >= 0.3 is 11.9 Å². The fourth-order valence-electron chi connectivity index (χ4n) is 3.06. The summed E-state index contributed by atoms with van der Waals surface area (Å²) in [5, 5.41) is 13.2. The molecule has 1 heterocycles. The summed E-state index contributed by atoms with van der Waals surface area (Å²) in [6, 6.07) is 0. The number of hydrazone groups is 1. The molecule has 1 amide bonds. The van der Waals surface area contributed by atoms with Crippen LogP contribution in [0.5, 0.6) is 0 Å². The highest BCUT2D eigenvalue weighted by atomic mass is 16.6. The Balaban J connectivity index is 1.86. The molecule has 2 aliphatic carbocycles. The Morgan fingerprint density at radius 2 is 1.95 bits per heavy atom. The van der Waals surface area contributed by atoms with Crippen LogP contribution < -0.4 is 5.43 Å². The quantitative estimate of drug-likeness (QED) is 0.581. The highest BCUT2D eigenvalue weighted by molar-refractivity contribution is 6.17. The Morgan fingerprint density at radius 1 is 1.20 bits per heavy atom. The van der Waals surface area contributed by atoms with Crippen molar-refractivity contribution in [1.29, 1.82) is 0 Å². The van der Waals surface area contributed by atoms with Crippen LogP contribution in [0.4, 0.5) is 0 Å². The highest BCUT2D eigenvalue weighted by Gasteiger charge is 2.58. The first-order valence-corrected chi connectivity index (χ1v) is 6.86. The summed E-state index contributed by atoms with van der Waals surface area (Å²) in [6.45, 7) is 0. The molecule has 3 rings (SSSR count). The lowest BCUT2D eigenvalue weighted by Gasteiger charge is -2.39. The standard InChI is InChI=1S/C13H16N2O5/c16-9-13(7-2-1-4-8(13)14-15-9)20-11(19)12(10(17)18)5-3-6-12/h1-7H2,(H,15,16)(H,17,18). The average molecular weight is 280 g/mol. The smallest absolute Gasteiger partial charge is 0.324 e. The Kier molecular flexibility index (Phi) is 2.81. The van der Waals surface area contributed by atoms with Crippen molar-refractivity contribution in [2.75, 3.05) is 0 Å². The molecule has 0 radical (unpaired) electrons. The molecule has 2 fully saturated rings. The molecule has 0 aromatic carbocycles. The minimum atomic E-state index is -1.47. The number of ether oxygens (including phenoxy) is 1. The minimum absolute atomic E-state index is 0.269. The van der Waals surface area contributed by atoms with Gasteiger partial charge < -0.3 is 9.84 Å². The molecule has 7 nitrogen and oxygen atoms in total. The zero-order valence-corrected chi connectivity index (χ0v) is 11.0. The highest BCUT2D eigenvalue weighted by Crippen LogP contribution is 2.44. The number of rotatable bonds is 3. The molecule has 3 aliphatic rings. The first-order valence-electron chi connectivity index (χ1n) is 6.86. The molecule has 0 spiro atoms. The monoisotopic (exact) mass is 280 g/mol. The van der Waals surface area contributed by atoms with Gasteiger partial charge in [-0.1, -0.05) is 0 Å². The van der Waals surface area contributed by atoms with Gasteiger partial charge in [-0.3, -0.25) is 14.4 Å². The van der Waals surface area contributed by atoms with Crippen molar-refractivity contribution in [2.45, 2.75) is 50.5 Å². The lowest BCUT2D eigenvalue weighted by atomic mass is 9.68. The topological polar surface area (TPSA) is 105 Å². The number of carboxylic acids is 1. The van der Waals surface area contributed by atoms with E-state index < -0.39 is 28.9 Å². The maximum Gasteiger partial charge on any atom is 0.324 e. The van der Waals surface area contributed by atoms with Crippen LogP contribution in [-0.4, -0.2) is 34.3 Å². The normalized spacial score (nSPS) is 30.6. The average Bonchev–Trinajstić information content (AvgIpc) is 2.65. The zero-order chi connectivity index (χ0) is 14.4. The minimum Gasteiger partial charge on any atom is -0.480 e. The molecule has 1 atom stereocenters. The van der Waals surface area contributed by atoms with Gasteiger partial charge in [0.1, 0.15) is 0 Å². The van der Waals surface area contributed by atoms with Crippen molar-refractivity contribution in [2.24, 2.45) is 10.5 Å². The van der Waals surface area contributed by atoms with Crippen LogP contribution in [-0.2, 0) is 19.1 Å². The van der Waals surface area contributed by atoms with Gasteiger partial charge in [-0.25, -0.2) is 5.43 Å². The second-order valence-electron chi connectivity index (χ2n) is 5.66. The van der Waals surface area contributed by atoms with Crippen molar-refractivity contribution >= 4 is 23.6 Å². The van der Waals surface area contributed by atoms with E-state index >= 15 is 0 Å². The Hall–Kier alpha value is -1.92. The lowest BCUT2D eigenvalue weighted by Crippen LogP contribution is -2.56. The van der Waals surface area contributed by atoms with Crippen molar-refractivity contribution in [3.05, 3.63) is 0 Å². The van der Waals surface area contributed by atoms with Gasteiger partial charge in [-0.2, -0.15) is 5.10 Å². The van der Waals surface area contributed by atoms with Crippen LogP contribution in [0.25, 0.3) is 0 Å². The molecule has 1 unspecified atom stereocenters. The number of amides is 1. The van der Waals surface area contributed by atoms with E-state index in [9.17, 15) is 19.5 Å². The second kappa shape index (κ2) is 4.29. The number of nitrogens with zero attached hydrogens (tertiary/aromatic N) is 1. The summed E-state index contributed by atoms with van der Waals surface area (Å²) in [7, 11) is 0. The molecule has 2 saturated carbocycles. The molecule has 2 N–H and O–H groups in total. The molecule has 1 aliphatic heterocycles. The largest absolute Gasteiger partial charge is 0.480 e. The van der Waals surface area contributed by atoms with E-state index in [1.54, 1.807) is 0 Å². The van der Waals surface area contributed by atoms with E-state index in [2.05, 4.69) is 10.5 Å². The van der Waals surface area contributed by atoms with Gasteiger partial charge in [0, 0.05) is 6.42 Å². The molecule has 108 valence electrons. The van der Waals surface area contributed by atoms with E-state index in [1.165, 1.54) is 0 Å². The van der Waals surface area contributed by atoms with Gasteiger partial charge in [-0.05, 0) is 38.5 Å². The van der Waals surface area contributed by atoms with Crippen LogP contribution in [0.15, 0.2) is 5.10 Å². The summed E-state index contributed by atoms with van der Waals surface area (Å²) in [5.41, 5.74) is 0.0248. The number of hydrogen-bond acceptors (Lipinski definition) is 5. The van der Waals surface area contributed by atoms with E-state index in [-0.39, 0.29) is 12.8 Å². The van der Waals surface area contributed by atoms with Crippen molar-refractivity contribution in [3.63, 3.8) is 0 Å². The van der Waals surface area contributed by atoms with Gasteiger partial charge in [0.05, 0.1) is 5.71 Å². The molecular weight excluding hydrogens is 264 g/mol. The number of fused-ring (bicyclic) bond motifs is 1. The summed E-state index contributed by atoms with van der Waals surface area (Å²) in [4.78, 5) is 35.6. The number of hydrogen-bond donors (Lipinski definition) is 2. The Labute approximate surface area is 115 Å². The summed E-state index contributed by atoms with van der Waals surface area (Å²) in [6.07, 6.45) is 3.82. The van der Waals surface area contributed by atoms with Gasteiger partial charge in [0.2, 0.25) is 5.60 Å². The van der Waals surface area contributed by atoms with Crippen LogP contribution in [0.3, 0.4) is 0 Å². The van der Waals surface area contributed by atoms with Crippen LogP contribution in [0, 0.1) is 5.41 Å². The first-order chi connectivity index (χ1) is 9.51. The third kappa shape index (κ3) is 1.58. The van der Waals surface area contributed by atoms with Gasteiger partial charge in [0.15, 0.2) is 5.41 Å². The second-order valence-corrected chi connectivity index (χ2v) is 5.66. The summed E-state index contributed by atoms with van der Waals surface area (Å²) >= 11 is 0. The molecule has 0 saturated heterocycles. The Bertz CT molecular complexity index is 523. The number of carboxylic acid groups (broad SMARTS) is 1. The first kappa shape index (κ1) is 13.1. The maximum absolute atomic E-state index is 12.3. The molecule has 0 bridgehead atoms. The zero-order valence-electron chi connectivity index (χ0n) is 11.0. The number of esters is 1. The predicted octanol–water partition coefficient (Wildman–Crippen LogP) is 0.583. The number of nitrogens with one attached hydrogen (secondary N) is 1. The maximum atomic E-state index is 12.3. The Morgan fingerprint density at radius 3 is 2.55 bits per heavy atom. The third-order valence-corrected chi connectivity index (χ3v) is 4.59. The summed E-state index contributed by atoms with van der Waals surface area (Å²) < 4.78 is 5.42. The van der Waals surface area contributed by atoms with Crippen molar-refractivity contribution < 1.29 is 24.2 Å². The predicted molar refractivity (Wildman–Crippen MR) is 66.8 cm³/mol. The fraction of sp³-hybridized carbons (Fsp3) is 0.692. The molecule has 7 heteroatoms. The number of carbonyl (C=O) groups is 3.